The third kappa shape index (κ3) is 3.25. The molecule has 0 atom stereocenters. The normalized spacial score (nSPS) is 10.5. The fraction of sp³-hybridized carbons (Fsp3) is 0.231. The van der Waals surface area contributed by atoms with Gasteiger partial charge in [0.05, 0.1) is 11.4 Å². The number of nitrogens with zero attached hydrogens (tertiary/aromatic N) is 2. The number of anilines is 1. The predicted octanol–water partition coefficient (Wildman–Crippen LogP) is 3.99. The molecule has 1 N–H and O–H groups in total. The molecule has 0 aliphatic carbocycles. The van der Waals surface area contributed by atoms with Gasteiger partial charge in [0.1, 0.15) is 10.3 Å². The van der Waals surface area contributed by atoms with E-state index in [0.29, 0.717) is 11.4 Å². The lowest BCUT2D eigenvalue weighted by molar-refractivity contribution is 0.101. The Balaban J connectivity index is 2.25. The molecule has 19 heavy (non-hydrogen) atoms. The first-order valence-electron chi connectivity index (χ1n) is 5.81. The van der Waals surface area contributed by atoms with Crippen LogP contribution in [0.1, 0.15) is 23.1 Å². The van der Waals surface area contributed by atoms with Gasteiger partial charge in [-0.05, 0) is 63.9 Å². The Hall–Kier alpha value is -1.14. The lowest BCUT2D eigenvalue weighted by Gasteiger charge is -2.09. The first kappa shape index (κ1) is 14.3. The molecule has 0 spiro atoms. The third-order valence-corrected chi connectivity index (χ3v) is 3.61. The quantitative estimate of drug-likeness (QED) is 0.810. The van der Waals surface area contributed by atoms with Crippen molar-refractivity contribution in [1.29, 1.82) is 0 Å². The standard InChI is InChI=1S/C13H13Br2N3O/c1-3-18-7-9(14)6-11(18)13(19)17-10-4-5-12(15)16-8(10)2/h4-7H,3H2,1-2H3,(H,17,19). The summed E-state index contributed by atoms with van der Waals surface area (Å²) in [6, 6.07) is 5.44. The predicted molar refractivity (Wildman–Crippen MR) is 82.4 cm³/mol. The van der Waals surface area contributed by atoms with Gasteiger partial charge < -0.3 is 9.88 Å². The molecule has 100 valence electrons. The van der Waals surface area contributed by atoms with Crippen LogP contribution in [-0.2, 0) is 6.54 Å². The van der Waals surface area contributed by atoms with Crippen LogP contribution in [0.3, 0.4) is 0 Å². The second-order valence-corrected chi connectivity index (χ2v) is 5.78. The molecule has 0 aromatic carbocycles. The van der Waals surface area contributed by atoms with E-state index in [4.69, 9.17) is 0 Å². The highest BCUT2D eigenvalue weighted by Gasteiger charge is 2.13. The maximum absolute atomic E-state index is 12.3. The zero-order chi connectivity index (χ0) is 14.0. The molecular weight excluding hydrogens is 374 g/mol. The summed E-state index contributed by atoms with van der Waals surface area (Å²) in [6.07, 6.45) is 1.89. The van der Waals surface area contributed by atoms with E-state index in [1.807, 2.05) is 30.7 Å². The van der Waals surface area contributed by atoms with E-state index in [-0.39, 0.29) is 5.91 Å². The lowest BCUT2D eigenvalue weighted by Crippen LogP contribution is -2.17. The van der Waals surface area contributed by atoms with Crippen molar-refractivity contribution in [2.24, 2.45) is 0 Å². The van der Waals surface area contributed by atoms with Gasteiger partial charge in [0.25, 0.3) is 5.91 Å². The number of pyridine rings is 1. The van der Waals surface area contributed by atoms with E-state index in [9.17, 15) is 4.79 Å². The number of amides is 1. The van der Waals surface area contributed by atoms with E-state index in [0.717, 1.165) is 21.3 Å². The molecule has 2 heterocycles. The molecule has 2 aromatic heterocycles. The van der Waals surface area contributed by atoms with Gasteiger partial charge in [-0.25, -0.2) is 4.98 Å². The number of aryl methyl sites for hydroxylation is 2. The minimum absolute atomic E-state index is 0.139. The van der Waals surface area contributed by atoms with Gasteiger partial charge in [-0.2, -0.15) is 0 Å². The number of rotatable bonds is 3. The van der Waals surface area contributed by atoms with Crippen molar-refractivity contribution in [2.45, 2.75) is 20.4 Å². The fourth-order valence-electron chi connectivity index (χ4n) is 1.78. The summed E-state index contributed by atoms with van der Waals surface area (Å²) in [6.45, 7) is 4.59. The van der Waals surface area contributed by atoms with Gasteiger partial charge in [-0.1, -0.05) is 0 Å². The topological polar surface area (TPSA) is 46.9 Å². The van der Waals surface area contributed by atoms with Gasteiger partial charge in [-0.3, -0.25) is 4.79 Å². The average Bonchev–Trinajstić information content (AvgIpc) is 2.74. The van der Waals surface area contributed by atoms with Crippen molar-refractivity contribution in [3.05, 3.63) is 44.9 Å². The Morgan fingerprint density at radius 1 is 1.42 bits per heavy atom. The van der Waals surface area contributed by atoms with Crippen LogP contribution in [-0.4, -0.2) is 15.5 Å². The number of hydrogen-bond acceptors (Lipinski definition) is 2. The molecule has 2 rings (SSSR count). The molecule has 4 nitrogen and oxygen atoms in total. The van der Waals surface area contributed by atoms with Crippen LogP contribution in [0.25, 0.3) is 0 Å². The molecule has 0 aliphatic rings. The minimum Gasteiger partial charge on any atom is -0.343 e. The maximum Gasteiger partial charge on any atom is 0.272 e. The zero-order valence-electron chi connectivity index (χ0n) is 10.6. The second-order valence-electron chi connectivity index (χ2n) is 4.05. The smallest absolute Gasteiger partial charge is 0.272 e. The van der Waals surface area contributed by atoms with E-state index in [1.54, 1.807) is 12.1 Å². The second kappa shape index (κ2) is 5.88. The third-order valence-electron chi connectivity index (χ3n) is 2.74. The number of hydrogen-bond donors (Lipinski definition) is 1. The van der Waals surface area contributed by atoms with Crippen LogP contribution in [0.4, 0.5) is 5.69 Å². The Morgan fingerprint density at radius 2 is 2.16 bits per heavy atom. The minimum atomic E-state index is -0.139. The van der Waals surface area contributed by atoms with Gasteiger partial charge in [0.15, 0.2) is 0 Å². The number of nitrogens with one attached hydrogen (secondary N) is 1. The Kier molecular flexibility index (Phi) is 4.42. The first-order valence-corrected chi connectivity index (χ1v) is 7.40. The molecule has 0 aliphatic heterocycles. The number of halogens is 2. The van der Waals surface area contributed by atoms with Gasteiger partial charge in [0, 0.05) is 17.2 Å². The van der Waals surface area contributed by atoms with Crippen LogP contribution in [0.5, 0.6) is 0 Å². The van der Waals surface area contributed by atoms with Crippen LogP contribution in [0.15, 0.2) is 33.5 Å². The summed E-state index contributed by atoms with van der Waals surface area (Å²) in [5.41, 5.74) is 2.11. The maximum atomic E-state index is 12.3. The average molecular weight is 387 g/mol. The fourth-order valence-corrected chi connectivity index (χ4v) is 2.64. The molecule has 0 saturated carbocycles. The zero-order valence-corrected chi connectivity index (χ0v) is 13.7. The lowest BCUT2D eigenvalue weighted by atomic mass is 10.3. The van der Waals surface area contributed by atoms with Crippen LogP contribution in [0.2, 0.25) is 0 Å². The summed E-state index contributed by atoms with van der Waals surface area (Å²) < 4.78 is 3.54. The highest BCUT2D eigenvalue weighted by molar-refractivity contribution is 9.10. The summed E-state index contributed by atoms with van der Waals surface area (Å²) in [5, 5.41) is 2.88. The van der Waals surface area contributed by atoms with E-state index < -0.39 is 0 Å². The summed E-state index contributed by atoms with van der Waals surface area (Å²) in [4.78, 5) is 16.5. The molecule has 0 radical (unpaired) electrons. The SMILES string of the molecule is CCn1cc(Br)cc1C(=O)Nc1ccc(Br)nc1C. The molecule has 0 bridgehead atoms. The van der Waals surface area contributed by atoms with Gasteiger partial charge in [-0.15, -0.1) is 0 Å². The number of aromatic nitrogens is 2. The highest BCUT2D eigenvalue weighted by Crippen LogP contribution is 2.19. The molecule has 0 fully saturated rings. The van der Waals surface area contributed by atoms with Crippen molar-refractivity contribution in [3.8, 4) is 0 Å². The molecule has 0 unspecified atom stereocenters. The summed E-state index contributed by atoms with van der Waals surface area (Å²) in [7, 11) is 0. The molecule has 1 amide bonds. The van der Waals surface area contributed by atoms with Crippen molar-refractivity contribution < 1.29 is 4.79 Å². The van der Waals surface area contributed by atoms with Crippen molar-refractivity contribution in [1.82, 2.24) is 9.55 Å². The number of carbonyl (C=O) groups is 1. The van der Waals surface area contributed by atoms with Gasteiger partial charge >= 0.3 is 0 Å². The Bertz CT molecular complexity index is 622. The van der Waals surface area contributed by atoms with Crippen molar-refractivity contribution >= 4 is 43.5 Å². The van der Waals surface area contributed by atoms with Crippen molar-refractivity contribution in [2.75, 3.05) is 5.32 Å². The molecule has 6 heteroatoms. The summed E-state index contributed by atoms with van der Waals surface area (Å²) >= 11 is 6.68. The first-order chi connectivity index (χ1) is 9.01. The van der Waals surface area contributed by atoms with Crippen LogP contribution in [0, 0.1) is 6.92 Å². The monoisotopic (exact) mass is 385 g/mol. The Labute approximate surface area is 128 Å². The largest absolute Gasteiger partial charge is 0.343 e. The van der Waals surface area contributed by atoms with E-state index in [1.165, 1.54) is 0 Å². The number of carbonyl (C=O) groups excluding carboxylic acids is 1. The van der Waals surface area contributed by atoms with Crippen LogP contribution < -0.4 is 5.32 Å². The molecule has 2 aromatic rings. The Morgan fingerprint density at radius 3 is 2.79 bits per heavy atom. The van der Waals surface area contributed by atoms with Gasteiger partial charge in [0.2, 0.25) is 0 Å². The van der Waals surface area contributed by atoms with E-state index in [2.05, 4.69) is 42.2 Å². The molecular formula is C13H13Br2N3O. The van der Waals surface area contributed by atoms with Crippen LogP contribution >= 0.6 is 31.9 Å². The summed E-state index contributed by atoms with van der Waals surface area (Å²) in [5.74, 6) is -0.139. The molecule has 0 saturated heterocycles. The van der Waals surface area contributed by atoms with E-state index >= 15 is 0 Å². The van der Waals surface area contributed by atoms with Crippen molar-refractivity contribution in [3.63, 3.8) is 0 Å². The highest BCUT2D eigenvalue weighted by atomic mass is 79.9.